The van der Waals surface area contributed by atoms with Crippen molar-refractivity contribution in [1.29, 1.82) is 0 Å². The predicted octanol–water partition coefficient (Wildman–Crippen LogP) is 2.47. The zero-order valence-corrected chi connectivity index (χ0v) is 12.5. The summed E-state index contributed by atoms with van der Waals surface area (Å²) in [5.74, 6) is -0.230. The van der Waals surface area contributed by atoms with Crippen molar-refractivity contribution >= 4 is 21.8 Å². The van der Waals surface area contributed by atoms with Gasteiger partial charge < -0.3 is 10.6 Å². The number of carbonyl (C=O) groups is 1. The second-order valence-electron chi connectivity index (χ2n) is 5.15. The minimum absolute atomic E-state index is 0.0814. The minimum Gasteiger partial charge on any atom is -0.340 e. The van der Waals surface area contributed by atoms with Crippen LogP contribution in [0.4, 0.5) is 4.39 Å². The average molecular weight is 329 g/mol. The normalized spacial score (nSPS) is 23.5. The quantitative estimate of drug-likeness (QED) is 0.906. The van der Waals surface area contributed by atoms with Gasteiger partial charge in [-0.25, -0.2) is 4.39 Å². The van der Waals surface area contributed by atoms with Crippen LogP contribution in [-0.2, 0) is 11.2 Å². The molecule has 0 saturated carbocycles. The molecule has 0 spiro atoms. The van der Waals surface area contributed by atoms with Gasteiger partial charge in [0.15, 0.2) is 0 Å². The first-order valence-corrected chi connectivity index (χ1v) is 7.25. The second-order valence-corrected chi connectivity index (χ2v) is 6.00. The molecule has 1 aromatic rings. The van der Waals surface area contributed by atoms with Gasteiger partial charge in [-0.05, 0) is 53.4 Å². The molecule has 0 aromatic heterocycles. The molecule has 1 aromatic carbocycles. The summed E-state index contributed by atoms with van der Waals surface area (Å²) in [6, 6.07) is 5.06. The Morgan fingerprint density at radius 3 is 2.95 bits per heavy atom. The summed E-state index contributed by atoms with van der Waals surface area (Å²) in [4.78, 5) is 14.1. The molecule has 0 aliphatic carbocycles. The highest BCUT2D eigenvalue weighted by Gasteiger charge is 2.26. The lowest BCUT2D eigenvalue weighted by molar-refractivity contribution is -0.133. The molecule has 1 aliphatic rings. The molecule has 2 atom stereocenters. The van der Waals surface area contributed by atoms with Crippen molar-refractivity contribution in [1.82, 2.24) is 4.90 Å². The van der Waals surface area contributed by atoms with Gasteiger partial charge in [0.05, 0.1) is 10.9 Å². The molecule has 1 fully saturated rings. The Labute approximate surface area is 121 Å². The number of halogens is 2. The highest BCUT2D eigenvalue weighted by Crippen LogP contribution is 2.20. The lowest BCUT2D eigenvalue weighted by atomic mass is 9.98. The Morgan fingerprint density at radius 2 is 2.32 bits per heavy atom. The van der Waals surface area contributed by atoms with Crippen molar-refractivity contribution < 1.29 is 9.18 Å². The van der Waals surface area contributed by atoms with Crippen molar-refractivity contribution in [2.75, 3.05) is 6.54 Å². The van der Waals surface area contributed by atoms with Crippen LogP contribution in [-0.4, -0.2) is 29.4 Å². The summed E-state index contributed by atoms with van der Waals surface area (Å²) in [7, 11) is 0. The Balaban J connectivity index is 2.02. The van der Waals surface area contributed by atoms with Gasteiger partial charge in [0.25, 0.3) is 0 Å². The summed E-state index contributed by atoms with van der Waals surface area (Å²) in [5.41, 5.74) is 6.71. The van der Waals surface area contributed by atoms with Gasteiger partial charge in [-0.3, -0.25) is 4.79 Å². The SMILES string of the molecule is CC1CC(N)CCN1C(=O)Cc1ccc(F)c(Br)c1. The molecular formula is C14H18BrFN2O. The lowest BCUT2D eigenvalue weighted by Crippen LogP contribution is -2.48. The average Bonchev–Trinajstić information content (AvgIpc) is 2.33. The van der Waals surface area contributed by atoms with Gasteiger partial charge in [-0.15, -0.1) is 0 Å². The number of hydrogen-bond acceptors (Lipinski definition) is 2. The molecule has 2 unspecified atom stereocenters. The minimum atomic E-state index is -0.312. The lowest BCUT2D eigenvalue weighted by Gasteiger charge is -2.36. The maximum absolute atomic E-state index is 13.1. The topological polar surface area (TPSA) is 46.3 Å². The smallest absolute Gasteiger partial charge is 0.227 e. The fourth-order valence-corrected chi connectivity index (χ4v) is 2.93. The molecule has 2 N–H and O–H groups in total. The van der Waals surface area contributed by atoms with Gasteiger partial charge in [0.2, 0.25) is 5.91 Å². The van der Waals surface area contributed by atoms with Crippen LogP contribution in [0.25, 0.3) is 0 Å². The molecule has 2 rings (SSSR count). The van der Waals surface area contributed by atoms with Crippen molar-refractivity contribution in [2.24, 2.45) is 5.73 Å². The molecule has 0 bridgehead atoms. The molecular weight excluding hydrogens is 311 g/mol. The number of nitrogens with zero attached hydrogens (tertiary/aromatic N) is 1. The third-order valence-electron chi connectivity index (χ3n) is 3.58. The molecule has 1 saturated heterocycles. The number of carbonyl (C=O) groups excluding carboxylic acids is 1. The Hall–Kier alpha value is -0.940. The molecule has 104 valence electrons. The van der Waals surface area contributed by atoms with Crippen LogP contribution in [0.15, 0.2) is 22.7 Å². The van der Waals surface area contributed by atoms with Gasteiger partial charge in [-0.2, -0.15) is 0 Å². The van der Waals surface area contributed by atoms with E-state index in [1.165, 1.54) is 6.07 Å². The van der Waals surface area contributed by atoms with E-state index >= 15 is 0 Å². The van der Waals surface area contributed by atoms with Crippen molar-refractivity contribution in [3.05, 3.63) is 34.1 Å². The van der Waals surface area contributed by atoms with E-state index < -0.39 is 0 Å². The number of piperidine rings is 1. The van der Waals surface area contributed by atoms with Crippen molar-refractivity contribution in [2.45, 2.75) is 38.3 Å². The zero-order valence-electron chi connectivity index (χ0n) is 10.9. The number of rotatable bonds is 2. The second kappa shape index (κ2) is 6.01. The van der Waals surface area contributed by atoms with E-state index in [1.54, 1.807) is 12.1 Å². The summed E-state index contributed by atoms with van der Waals surface area (Å²) in [5, 5.41) is 0. The number of nitrogens with two attached hydrogens (primary N) is 1. The molecule has 1 heterocycles. The number of likely N-dealkylation sites (tertiary alicyclic amines) is 1. The number of benzene rings is 1. The van der Waals surface area contributed by atoms with E-state index in [0.29, 0.717) is 17.4 Å². The highest BCUT2D eigenvalue weighted by molar-refractivity contribution is 9.10. The van der Waals surface area contributed by atoms with Crippen molar-refractivity contribution in [3.8, 4) is 0 Å². The van der Waals surface area contributed by atoms with E-state index in [4.69, 9.17) is 5.73 Å². The van der Waals surface area contributed by atoms with E-state index in [-0.39, 0.29) is 23.8 Å². The molecule has 1 amide bonds. The fourth-order valence-electron chi connectivity index (χ4n) is 2.50. The Morgan fingerprint density at radius 1 is 1.58 bits per heavy atom. The zero-order chi connectivity index (χ0) is 14.0. The van der Waals surface area contributed by atoms with E-state index in [1.807, 2.05) is 11.8 Å². The van der Waals surface area contributed by atoms with E-state index in [2.05, 4.69) is 15.9 Å². The maximum atomic E-state index is 13.1. The summed E-state index contributed by atoms with van der Waals surface area (Å²) >= 11 is 3.14. The molecule has 3 nitrogen and oxygen atoms in total. The first-order valence-electron chi connectivity index (χ1n) is 6.46. The van der Waals surface area contributed by atoms with Crippen LogP contribution in [0, 0.1) is 5.82 Å². The monoisotopic (exact) mass is 328 g/mol. The van der Waals surface area contributed by atoms with Crippen LogP contribution >= 0.6 is 15.9 Å². The third-order valence-corrected chi connectivity index (χ3v) is 4.18. The maximum Gasteiger partial charge on any atom is 0.227 e. The number of hydrogen-bond donors (Lipinski definition) is 1. The van der Waals surface area contributed by atoms with Gasteiger partial charge in [-0.1, -0.05) is 6.07 Å². The first-order chi connectivity index (χ1) is 8.97. The van der Waals surface area contributed by atoms with Gasteiger partial charge in [0, 0.05) is 18.6 Å². The third kappa shape index (κ3) is 3.54. The molecule has 1 aliphatic heterocycles. The van der Waals surface area contributed by atoms with Crippen LogP contribution < -0.4 is 5.73 Å². The first kappa shape index (κ1) is 14.5. The summed E-state index contributed by atoms with van der Waals surface area (Å²) in [6.45, 7) is 2.74. The summed E-state index contributed by atoms with van der Waals surface area (Å²) in [6.07, 6.45) is 2.00. The standard InChI is InChI=1S/C14H18BrFN2O/c1-9-6-11(17)4-5-18(9)14(19)8-10-2-3-13(16)12(15)7-10/h2-3,7,9,11H,4-6,8,17H2,1H3. The predicted molar refractivity (Wildman–Crippen MR) is 76.2 cm³/mol. The molecule has 0 radical (unpaired) electrons. The highest BCUT2D eigenvalue weighted by atomic mass is 79.9. The van der Waals surface area contributed by atoms with E-state index in [0.717, 1.165) is 18.4 Å². The van der Waals surface area contributed by atoms with Gasteiger partial charge in [0.1, 0.15) is 5.82 Å². The fraction of sp³-hybridized carbons (Fsp3) is 0.500. The molecule has 19 heavy (non-hydrogen) atoms. The largest absolute Gasteiger partial charge is 0.340 e. The van der Waals surface area contributed by atoms with Crippen molar-refractivity contribution in [3.63, 3.8) is 0 Å². The summed E-state index contributed by atoms with van der Waals surface area (Å²) < 4.78 is 13.5. The van der Waals surface area contributed by atoms with Crippen LogP contribution in [0.3, 0.4) is 0 Å². The van der Waals surface area contributed by atoms with Crippen LogP contribution in [0.2, 0.25) is 0 Å². The Kier molecular flexibility index (Phi) is 4.58. The number of amides is 1. The molecule has 5 heteroatoms. The Bertz CT molecular complexity index is 481. The van der Waals surface area contributed by atoms with Crippen LogP contribution in [0.1, 0.15) is 25.3 Å². The van der Waals surface area contributed by atoms with E-state index in [9.17, 15) is 9.18 Å². The van der Waals surface area contributed by atoms with Gasteiger partial charge >= 0.3 is 0 Å². The van der Waals surface area contributed by atoms with Crippen LogP contribution in [0.5, 0.6) is 0 Å².